The van der Waals surface area contributed by atoms with Gasteiger partial charge in [-0.15, -0.1) is 0 Å². The summed E-state index contributed by atoms with van der Waals surface area (Å²) in [4.78, 5) is 14.5. The number of nitrogens with zero attached hydrogens (tertiary/aromatic N) is 3. The zero-order valence-corrected chi connectivity index (χ0v) is 17.6. The third-order valence-corrected chi connectivity index (χ3v) is 5.39. The van der Waals surface area contributed by atoms with Crippen molar-refractivity contribution < 1.29 is 0 Å². The van der Waals surface area contributed by atoms with Crippen molar-refractivity contribution in [1.82, 2.24) is 19.9 Å². The van der Waals surface area contributed by atoms with Gasteiger partial charge in [0, 0.05) is 54.3 Å². The number of halogens is 1. The van der Waals surface area contributed by atoms with Crippen LogP contribution < -0.4 is 5.32 Å². The molecular formula is C24H26ClN5. The maximum Gasteiger partial charge on any atom is 0.120 e. The minimum absolute atomic E-state index is 0.708. The monoisotopic (exact) mass is 419 g/mol. The molecule has 0 saturated heterocycles. The number of hydrogen-bond donors (Lipinski definition) is 2. The Morgan fingerprint density at radius 1 is 0.967 bits per heavy atom. The summed E-state index contributed by atoms with van der Waals surface area (Å²) in [5.41, 5.74) is 3.37. The molecule has 0 spiro atoms. The van der Waals surface area contributed by atoms with Gasteiger partial charge in [0.25, 0.3) is 0 Å². The van der Waals surface area contributed by atoms with Crippen LogP contribution in [0.1, 0.15) is 17.8 Å². The fraction of sp³-hybridized carbons (Fsp3) is 0.250. The van der Waals surface area contributed by atoms with Gasteiger partial charge in [0.1, 0.15) is 5.82 Å². The average molecular weight is 420 g/mol. The lowest BCUT2D eigenvalue weighted by Gasteiger charge is -2.21. The number of pyridine rings is 1. The van der Waals surface area contributed by atoms with E-state index in [-0.39, 0.29) is 0 Å². The SMILES string of the molecule is Clc1ccc2c(NCCCN(CCc3ccccc3)Cc3ncc[nH]3)ccnc2c1. The molecule has 0 saturated carbocycles. The Labute approximate surface area is 182 Å². The molecule has 5 nitrogen and oxygen atoms in total. The summed E-state index contributed by atoms with van der Waals surface area (Å²) in [6.07, 6.45) is 7.59. The molecule has 0 atom stereocenters. The highest BCUT2D eigenvalue weighted by molar-refractivity contribution is 6.31. The van der Waals surface area contributed by atoms with Gasteiger partial charge in [-0.05, 0) is 42.7 Å². The second-order valence-corrected chi connectivity index (χ2v) is 7.78. The van der Waals surface area contributed by atoms with Gasteiger partial charge < -0.3 is 10.3 Å². The van der Waals surface area contributed by atoms with E-state index < -0.39 is 0 Å². The molecule has 4 rings (SSSR count). The molecule has 0 amide bonds. The zero-order valence-electron chi connectivity index (χ0n) is 16.9. The number of aromatic amines is 1. The van der Waals surface area contributed by atoms with Gasteiger partial charge in [0.2, 0.25) is 0 Å². The molecule has 6 heteroatoms. The Kier molecular flexibility index (Phi) is 6.95. The van der Waals surface area contributed by atoms with E-state index in [1.165, 1.54) is 5.56 Å². The topological polar surface area (TPSA) is 56.8 Å². The quantitative estimate of drug-likeness (QED) is 0.349. The van der Waals surface area contributed by atoms with Crippen LogP contribution in [0.5, 0.6) is 0 Å². The van der Waals surface area contributed by atoms with E-state index in [1.54, 1.807) is 0 Å². The van der Waals surface area contributed by atoms with Crippen LogP contribution in [-0.4, -0.2) is 39.5 Å². The van der Waals surface area contributed by atoms with Crippen LogP contribution in [0.15, 0.2) is 73.2 Å². The molecule has 0 fully saturated rings. The van der Waals surface area contributed by atoms with Crippen molar-refractivity contribution in [2.24, 2.45) is 0 Å². The van der Waals surface area contributed by atoms with Crippen LogP contribution in [0.3, 0.4) is 0 Å². The molecule has 4 aromatic rings. The average Bonchev–Trinajstić information content (AvgIpc) is 3.28. The molecule has 2 heterocycles. The lowest BCUT2D eigenvalue weighted by atomic mass is 10.1. The van der Waals surface area contributed by atoms with Gasteiger partial charge in [-0.1, -0.05) is 41.9 Å². The van der Waals surface area contributed by atoms with Gasteiger partial charge in [-0.3, -0.25) is 9.88 Å². The van der Waals surface area contributed by atoms with E-state index in [4.69, 9.17) is 11.6 Å². The third kappa shape index (κ3) is 5.59. The first kappa shape index (κ1) is 20.4. The minimum Gasteiger partial charge on any atom is -0.384 e. The van der Waals surface area contributed by atoms with Gasteiger partial charge in [0.05, 0.1) is 12.1 Å². The Hall–Kier alpha value is -2.89. The summed E-state index contributed by atoms with van der Waals surface area (Å²) in [5.74, 6) is 1.01. The molecule has 30 heavy (non-hydrogen) atoms. The number of anilines is 1. The summed E-state index contributed by atoms with van der Waals surface area (Å²) in [7, 11) is 0. The molecule has 0 aliphatic heterocycles. The summed E-state index contributed by atoms with van der Waals surface area (Å²) >= 11 is 6.09. The third-order valence-electron chi connectivity index (χ3n) is 5.16. The lowest BCUT2D eigenvalue weighted by Crippen LogP contribution is -2.28. The van der Waals surface area contributed by atoms with E-state index in [1.807, 2.05) is 42.9 Å². The molecule has 0 radical (unpaired) electrons. The van der Waals surface area contributed by atoms with Crippen molar-refractivity contribution in [2.75, 3.05) is 25.0 Å². The standard InChI is InChI=1S/C24H26ClN5/c25-20-7-8-21-22(9-12-27-23(21)17-20)26-11-4-15-30(18-24-28-13-14-29-24)16-10-19-5-2-1-3-6-19/h1-3,5-9,12-14,17H,4,10-11,15-16,18H2,(H,26,27)(H,28,29). The van der Waals surface area contributed by atoms with E-state index >= 15 is 0 Å². The van der Waals surface area contributed by atoms with Crippen LogP contribution in [0.2, 0.25) is 5.02 Å². The van der Waals surface area contributed by atoms with Crippen molar-refractivity contribution in [3.05, 3.63) is 89.6 Å². The van der Waals surface area contributed by atoms with Crippen molar-refractivity contribution in [3.63, 3.8) is 0 Å². The Morgan fingerprint density at radius 2 is 1.87 bits per heavy atom. The highest BCUT2D eigenvalue weighted by atomic mass is 35.5. The fourth-order valence-corrected chi connectivity index (χ4v) is 3.77. The first-order valence-electron chi connectivity index (χ1n) is 10.3. The second-order valence-electron chi connectivity index (χ2n) is 7.35. The van der Waals surface area contributed by atoms with E-state index in [0.717, 1.165) is 61.4 Å². The summed E-state index contributed by atoms with van der Waals surface area (Å²) in [6, 6.07) is 18.5. The largest absolute Gasteiger partial charge is 0.384 e. The molecule has 2 aromatic heterocycles. The molecule has 0 bridgehead atoms. The molecule has 2 N–H and O–H groups in total. The van der Waals surface area contributed by atoms with Gasteiger partial charge in [0.15, 0.2) is 0 Å². The van der Waals surface area contributed by atoms with Crippen molar-refractivity contribution in [2.45, 2.75) is 19.4 Å². The van der Waals surface area contributed by atoms with Crippen LogP contribution in [-0.2, 0) is 13.0 Å². The number of H-pyrrole nitrogens is 1. The van der Waals surface area contributed by atoms with Crippen LogP contribution in [0.25, 0.3) is 10.9 Å². The van der Waals surface area contributed by atoms with Crippen LogP contribution >= 0.6 is 11.6 Å². The lowest BCUT2D eigenvalue weighted by molar-refractivity contribution is 0.262. The van der Waals surface area contributed by atoms with Gasteiger partial charge >= 0.3 is 0 Å². The number of nitrogens with one attached hydrogen (secondary N) is 2. The maximum atomic E-state index is 6.09. The second kappa shape index (κ2) is 10.2. The normalized spacial score (nSPS) is 11.3. The number of benzene rings is 2. The molecule has 0 unspecified atom stereocenters. The van der Waals surface area contributed by atoms with E-state index in [2.05, 4.69) is 55.5 Å². The van der Waals surface area contributed by atoms with E-state index in [0.29, 0.717) is 5.02 Å². The smallest absolute Gasteiger partial charge is 0.120 e. The summed E-state index contributed by atoms with van der Waals surface area (Å²) in [6.45, 7) is 3.72. The highest BCUT2D eigenvalue weighted by Crippen LogP contribution is 2.24. The predicted octanol–water partition coefficient (Wildman–Crippen LogP) is 5.16. The summed E-state index contributed by atoms with van der Waals surface area (Å²) < 4.78 is 0. The van der Waals surface area contributed by atoms with Gasteiger partial charge in [-0.2, -0.15) is 0 Å². The number of rotatable bonds is 10. The first-order chi connectivity index (χ1) is 14.8. The molecule has 0 aliphatic rings. The number of hydrogen-bond acceptors (Lipinski definition) is 4. The molecular weight excluding hydrogens is 394 g/mol. The van der Waals surface area contributed by atoms with Crippen molar-refractivity contribution in [1.29, 1.82) is 0 Å². The number of imidazole rings is 1. The first-order valence-corrected chi connectivity index (χ1v) is 10.7. The minimum atomic E-state index is 0.708. The zero-order chi connectivity index (χ0) is 20.6. The Balaban J connectivity index is 1.33. The fourth-order valence-electron chi connectivity index (χ4n) is 3.60. The molecule has 2 aromatic carbocycles. The van der Waals surface area contributed by atoms with Gasteiger partial charge in [-0.25, -0.2) is 4.98 Å². The Bertz CT molecular complexity index is 1050. The Morgan fingerprint density at radius 3 is 2.70 bits per heavy atom. The summed E-state index contributed by atoms with van der Waals surface area (Å²) in [5, 5.41) is 5.37. The maximum absolute atomic E-state index is 6.09. The molecule has 154 valence electrons. The van der Waals surface area contributed by atoms with E-state index in [9.17, 15) is 0 Å². The van der Waals surface area contributed by atoms with Crippen LogP contribution in [0.4, 0.5) is 5.69 Å². The van der Waals surface area contributed by atoms with Crippen LogP contribution in [0, 0.1) is 0 Å². The highest BCUT2D eigenvalue weighted by Gasteiger charge is 2.09. The number of fused-ring (bicyclic) bond motifs is 1. The van der Waals surface area contributed by atoms with Crippen molar-refractivity contribution >= 4 is 28.2 Å². The number of aromatic nitrogens is 3. The van der Waals surface area contributed by atoms with Crippen molar-refractivity contribution in [3.8, 4) is 0 Å². The predicted molar refractivity (Wildman–Crippen MR) is 124 cm³/mol. The molecule has 0 aliphatic carbocycles.